The summed E-state index contributed by atoms with van der Waals surface area (Å²) in [5.74, 6) is 0.750. The fourth-order valence-corrected chi connectivity index (χ4v) is 3.30. The summed E-state index contributed by atoms with van der Waals surface area (Å²) >= 11 is 0. The third-order valence-electron chi connectivity index (χ3n) is 4.95. The monoisotopic (exact) mass is 369 g/mol. The standard InChI is InChI=1S/C23H23N5/c1-5-17-11-24-22(8-15(17)2)16(3)27-23-10-20-9-18(6-7-19(20)12-25-23)21-13-26-28(4)14-21/h6-14H,3,5H2,1-2,4H3,(H,25,27). The van der Waals surface area contributed by atoms with Crippen LogP contribution in [0.25, 0.3) is 27.6 Å². The van der Waals surface area contributed by atoms with Crippen LogP contribution in [0.2, 0.25) is 0 Å². The van der Waals surface area contributed by atoms with E-state index in [1.54, 1.807) is 0 Å². The van der Waals surface area contributed by atoms with Crippen LogP contribution in [0.1, 0.15) is 23.7 Å². The number of fused-ring (bicyclic) bond motifs is 1. The minimum absolute atomic E-state index is 0.737. The molecular weight excluding hydrogens is 346 g/mol. The zero-order valence-corrected chi connectivity index (χ0v) is 16.4. The first-order chi connectivity index (χ1) is 13.5. The molecule has 0 atom stereocenters. The molecule has 4 aromatic rings. The highest BCUT2D eigenvalue weighted by Crippen LogP contribution is 2.26. The van der Waals surface area contributed by atoms with Gasteiger partial charge >= 0.3 is 0 Å². The average Bonchev–Trinajstić information content (AvgIpc) is 3.13. The summed E-state index contributed by atoms with van der Waals surface area (Å²) in [7, 11) is 1.92. The van der Waals surface area contributed by atoms with Crippen LogP contribution < -0.4 is 5.32 Å². The molecule has 0 fully saturated rings. The molecule has 140 valence electrons. The Morgan fingerprint density at radius 3 is 2.61 bits per heavy atom. The molecule has 4 rings (SSSR count). The SMILES string of the molecule is C=C(Nc1cc2cc(-c3cnn(C)c3)ccc2cn1)c1cc(C)c(CC)cn1. The molecule has 3 heterocycles. The molecular formula is C23H23N5. The Balaban J connectivity index is 1.61. The lowest BCUT2D eigenvalue weighted by Gasteiger charge is -2.11. The Kier molecular flexibility index (Phi) is 4.65. The Morgan fingerprint density at radius 1 is 1.04 bits per heavy atom. The van der Waals surface area contributed by atoms with Gasteiger partial charge in [0.05, 0.1) is 17.6 Å². The van der Waals surface area contributed by atoms with E-state index in [2.05, 4.69) is 65.1 Å². The van der Waals surface area contributed by atoms with E-state index < -0.39 is 0 Å². The van der Waals surface area contributed by atoms with Crippen molar-refractivity contribution in [1.82, 2.24) is 19.7 Å². The lowest BCUT2D eigenvalue weighted by atomic mass is 10.0. The highest BCUT2D eigenvalue weighted by molar-refractivity contribution is 5.89. The highest BCUT2D eigenvalue weighted by Gasteiger charge is 2.07. The summed E-state index contributed by atoms with van der Waals surface area (Å²) in [6, 6.07) is 10.4. The predicted octanol–water partition coefficient (Wildman–Crippen LogP) is 4.98. The first-order valence-electron chi connectivity index (χ1n) is 9.34. The second kappa shape index (κ2) is 7.27. The quantitative estimate of drug-likeness (QED) is 0.539. The molecule has 0 aliphatic carbocycles. The van der Waals surface area contributed by atoms with Crippen molar-refractivity contribution in [2.24, 2.45) is 7.05 Å². The van der Waals surface area contributed by atoms with Crippen molar-refractivity contribution in [3.8, 4) is 11.1 Å². The number of nitrogens with one attached hydrogen (secondary N) is 1. The van der Waals surface area contributed by atoms with Gasteiger partial charge in [-0.2, -0.15) is 5.10 Å². The zero-order valence-electron chi connectivity index (χ0n) is 16.4. The van der Waals surface area contributed by atoms with E-state index in [9.17, 15) is 0 Å². The van der Waals surface area contributed by atoms with Gasteiger partial charge in [0.2, 0.25) is 0 Å². The summed E-state index contributed by atoms with van der Waals surface area (Å²) in [5, 5.41) is 9.75. The summed E-state index contributed by atoms with van der Waals surface area (Å²) in [5.41, 5.74) is 6.27. The third kappa shape index (κ3) is 3.51. The van der Waals surface area contributed by atoms with Crippen molar-refractivity contribution in [3.63, 3.8) is 0 Å². The Labute approximate surface area is 164 Å². The minimum Gasteiger partial charge on any atom is -0.339 e. The van der Waals surface area contributed by atoms with E-state index in [0.717, 1.165) is 45.5 Å². The van der Waals surface area contributed by atoms with Crippen LogP contribution in [0.5, 0.6) is 0 Å². The number of pyridine rings is 2. The number of benzene rings is 1. The molecule has 3 aromatic heterocycles. The van der Waals surface area contributed by atoms with E-state index >= 15 is 0 Å². The van der Waals surface area contributed by atoms with Crippen LogP contribution in [0, 0.1) is 6.92 Å². The van der Waals surface area contributed by atoms with Gasteiger partial charge in [-0.15, -0.1) is 0 Å². The maximum absolute atomic E-state index is 4.53. The van der Waals surface area contributed by atoms with Crippen LogP contribution >= 0.6 is 0 Å². The Hall–Kier alpha value is -3.47. The summed E-state index contributed by atoms with van der Waals surface area (Å²) < 4.78 is 1.81. The molecule has 5 nitrogen and oxygen atoms in total. The van der Waals surface area contributed by atoms with E-state index in [4.69, 9.17) is 0 Å². The molecule has 0 radical (unpaired) electrons. The van der Waals surface area contributed by atoms with Gasteiger partial charge in [0.15, 0.2) is 0 Å². The molecule has 28 heavy (non-hydrogen) atoms. The molecule has 5 heteroatoms. The van der Waals surface area contributed by atoms with E-state index in [1.807, 2.05) is 42.6 Å². The number of hydrogen-bond donors (Lipinski definition) is 1. The number of aryl methyl sites for hydroxylation is 3. The molecule has 0 unspecified atom stereocenters. The maximum atomic E-state index is 4.53. The van der Waals surface area contributed by atoms with Gasteiger partial charge < -0.3 is 5.32 Å². The molecule has 1 N–H and O–H groups in total. The zero-order chi connectivity index (χ0) is 19.7. The van der Waals surface area contributed by atoms with E-state index in [1.165, 1.54) is 11.1 Å². The summed E-state index contributed by atoms with van der Waals surface area (Å²) in [4.78, 5) is 9.04. The Morgan fingerprint density at radius 2 is 1.89 bits per heavy atom. The third-order valence-corrected chi connectivity index (χ3v) is 4.95. The number of anilines is 1. The molecule has 0 spiro atoms. The fourth-order valence-electron chi connectivity index (χ4n) is 3.30. The normalized spacial score (nSPS) is 11.0. The van der Waals surface area contributed by atoms with Crippen molar-refractivity contribution in [2.75, 3.05) is 5.32 Å². The van der Waals surface area contributed by atoms with Gasteiger partial charge in [-0.1, -0.05) is 25.6 Å². The summed E-state index contributed by atoms with van der Waals surface area (Å²) in [6.07, 6.45) is 8.65. The molecule has 0 bridgehead atoms. The first-order valence-corrected chi connectivity index (χ1v) is 9.34. The minimum atomic E-state index is 0.737. The molecule has 0 aliphatic heterocycles. The van der Waals surface area contributed by atoms with Crippen molar-refractivity contribution in [1.29, 1.82) is 0 Å². The van der Waals surface area contributed by atoms with Gasteiger partial charge in [-0.05, 0) is 53.6 Å². The average molecular weight is 369 g/mol. The topological polar surface area (TPSA) is 55.6 Å². The molecule has 0 saturated carbocycles. The second-order valence-corrected chi connectivity index (χ2v) is 6.99. The first kappa shape index (κ1) is 17.9. The van der Waals surface area contributed by atoms with Gasteiger partial charge in [0, 0.05) is 36.6 Å². The second-order valence-electron chi connectivity index (χ2n) is 6.99. The lowest BCUT2D eigenvalue weighted by Crippen LogP contribution is -2.02. The predicted molar refractivity (Wildman–Crippen MR) is 115 cm³/mol. The van der Waals surface area contributed by atoms with Crippen molar-refractivity contribution in [2.45, 2.75) is 20.3 Å². The van der Waals surface area contributed by atoms with Gasteiger partial charge in [-0.25, -0.2) is 4.98 Å². The van der Waals surface area contributed by atoms with Gasteiger partial charge in [0.1, 0.15) is 5.82 Å². The Bertz CT molecular complexity index is 1170. The van der Waals surface area contributed by atoms with Crippen molar-refractivity contribution < 1.29 is 0 Å². The molecule has 1 aromatic carbocycles. The van der Waals surface area contributed by atoms with Crippen LogP contribution in [0.4, 0.5) is 5.82 Å². The molecule has 0 amide bonds. The largest absolute Gasteiger partial charge is 0.339 e. The smallest absolute Gasteiger partial charge is 0.130 e. The number of aromatic nitrogens is 4. The van der Waals surface area contributed by atoms with Crippen LogP contribution in [-0.2, 0) is 13.5 Å². The van der Waals surface area contributed by atoms with E-state index in [-0.39, 0.29) is 0 Å². The number of hydrogen-bond acceptors (Lipinski definition) is 4. The highest BCUT2D eigenvalue weighted by atomic mass is 15.2. The fraction of sp³-hybridized carbons (Fsp3) is 0.174. The van der Waals surface area contributed by atoms with Crippen LogP contribution in [0.15, 0.2) is 61.7 Å². The van der Waals surface area contributed by atoms with Crippen molar-refractivity contribution in [3.05, 3.63) is 78.5 Å². The van der Waals surface area contributed by atoms with Gasteiger partial charge in [0.25, 0.3) is 0 Å². The summed E-state index contributed by atoms with van der Waals surface area (Å²) in [6.45, 7) is 8.38. The molecule has 0 aliphatic rings. The lowest BCUT2D eigenvalue weighted by molar-refractivity contribution is 0.768. The number of rotatable bonds is 5. The van der Waals surface area contributed by atoms with Crippen LogP contribution in [0.3, 0.4) is 0 Å². The molecule has 0 saturated heterocycles. The maximum Gasteiger partial charge on any atom is 0.130 e. The van der Waals surface area contributed by atoms with Gasteiger partial charge in [-0.3, -0.25) is 9.67 Å². The van der Waals surface area contributed by atoms with Crippen LogP contribution in [-0.4, -0.2) is 19.7 Å². The number of nitrogens with zero attached hydrogens (tertiary/aromatic N) is 4. The van der Waals surface area contributed by atoms with Crippen molar-refractivity contribution >= 4 is 22.3 Å². The van der Waals surface area contributed by atoms with E-state index in [0.29, 0.717) is 0 Å².